The molecule has 0 aromatic carbocycles. The number of nitrogens with zero attached hydrogens (tertiary/aromatic N) is 1. The van der Waals surface area contributed by atoms with E-state index in [1.165, 1.54) is 0 Å². The number of aliphatic hydroxyl groups excluding tert-OH is 1. The molecule has 1 fully saturated rings. The van der Waals surface area contributed by atoms with Crippen molar-refractivity contribution >= 4 is 17.8 Å². The van der Waals surface area contributed by atoms with Crippen LogP contribution in [0.1, 0.15) is 65.2 Å². The van der Waals surface area contributed by atoms with Crippen molar-refractivity contribution in [3.8, 4) is 0 Å². The molecule has 26 heavy (non-hydrogen) atoms. The van der Waals surface area contributed by atoms with Gasteiger partial charge in [-0.25, -0.2) is 4.79 Å². The lowest BCUT2D eigenvalue weighted by atomic mass is 9.92. The highest BCUT2D eigenvalue weighted by molar-refractivity contribution is 5.91. The molecular weight excluding hydrogens is 336 g/mol. The Bertz CT molecular complexity index is 481. The molecule has 0 spiro atoms. The first-order valence-electron chi connectivity index (χ1n) is 9.72. The van der Waals surface area contributed by atoms with Crippen molar-refractivity contribution in [3.05, 3.63) is 0 Å². The lowest BCUT2D eigenvalue weighted by molar-refractivity contribution is -0.154. The number of rotatable bonds is 3. The SMILES string of the molecule is CC(C)[C@@H]1NC(=O)[C@@H](C(O)C(=O)O)CCCCCCCCCN(C)C1=O. The smallest absolute Gasteiger partial charge is 0.333 e. The summed E-state index contributed by atoms with van der Waals surface area (Å²) in [6.07, 6.45) is 5.35. The van der Waals surface area contributed by atoms with Crippen LogP contribution < -0.4 is 5.32 Å². The van der Waals surface area contributed by atoms with Crippen molar-refractivity contribution in [2.45, 2.75) is 77.4 Å². The third kappa shape index (κ3) is 6.94. The molecule has 1 unspecified atom stereocenters. The summed E-state index contributed by atoms with van der Waals surface area (Å²) in [5.41, 5.74) is 0. The quantitative estimate of drug-likeness (QED) is 0.702. The van der Waals surface area contributed by atoms with Gasteiger partial charge < -0.3 is 20.4 Å². The van der Waals surface area contributed by atoms with Crippen molar-refractivity contribution in [2.24, 2.45) is 11.8 Å². The number of carboxylic acids is 1. The van der Waals surface area contributed by atoms with Gasteiger partial charge >= 0.3 is 5.97 Å². The fourth-order valence-electron chi connectivity index (χ4n) is 3.32. The van der Waals surface area contributed by atoms with Crippen molar-refractivity contribution in [1.29, 1.82) is 0 Å². The molecule has 7 heteroatoms. The highest BCUT2D eigenvalue weighted by Gasteiger charge is 2.35. The van der Waals surface area contributed by atoms with Crippen molar-refractivity contribution in [2.75, 3.05) is 13.6 Å². The van der Waals surface area contributed by atoms with Crippen molar-refractivity contribution < 1.29 is 24.6 Å². The summed E-state index contributed by atoms with van der Waals surface area (Å²) in [5, 5.41) is 21.8. The molecule has 0 radical (unpaired) electrons. The van der Waals surface area contributed by atoms with Gasteiger partial charge in [-0.05, 0) is 18.8 Å². The van der Waals surface area contributed by atoms with E-state index in [1.54, 1.807) is 11.9 Å². The Hall–Kier alpha value is -1.63. The number of carbonyl (C=O) groups excluding carboxylic acids is 2. The zero-order chi connectivity index (χ0) is 19.7. The van der Waals surface area contributed by atoms with E-state index in [1.807, 2.05) is 13.8 Å². The van der Waals surface area contributed by atoms with Gasteiger partial charge in [-0.2, -0.15) is 0 Å². The van der Waals surface area contributed by atoms with E-state index in [2.05, 4.69) is 5.32 Å². The van der Waals surface area contributed by atoms with E-state index in [0.717, 1.165) is 38.5 Å². The van der Waals surface area contributed by atoms with Crippen LogP contribution in [0.4, 0.5) is 0 Å². The van der Waals surface area contributed by atoms with Crippen LogP contribution in [-0.2, 0) is 14.4 Å². The molecule has 0 aliphatic carbocycles. The first kappa shape index (κ1) is 22.4. The number of hydrogen-bond acceptors (Lipinski definition) is 4. The molecule has 1 aliphatic rings. The topological polar surface area (TPSA) is 107 Å². The molecule has 1 heterocycles. The molecular formula is C19H34N2O5. The van der Waals surface area contributed by atoms with E-state index in [4.69, 9.17) is 5.11 Å². The number of carbonyl (C=O) groups is 3. The van der Waals surface area contributed by atoms with Crippen LogP contribution in [-0.4, -0.2) is 58.6 Å². The predicted molar refractivity (Wildman–Crippen MR) is 98.5 cm³/mol. The summed E-state index contributed by atoms with van der Waals surface area (Å²) >= 11 is 0. The molecule has 3 N–H and O–H groups in total. The zero-order valence-electron chi connectivity index (χ0n) is 16.2. The summed E-state index contributed by atoms with van der Waals surface area (Å²) in [6, 6.07) is -0.721. The number of hydrogen-bond donors (Lipinski definition) is 3. The molecule has 0 saturated carbocycles. The van der Waals surface area contributed by atoms with Crippen LogP contribution in [0.3, 0.4) is 0 Å². The number of aliphatic hydroxyl groups is 1. The van der Waals surface area contributed by atoms with Gasteiger partial charge in [-0.15, -0.1) is 0 Å². The monoisotopic (exact) mass is 370 g/mol. The van der Waals surface area contributed by atoms with Gasteiger partial charge in [0.1, 0.15) is 6.04 Å². The summed E-state index contributed by atoms with van der Waals surface area (Å²) in [4.78, 5) is 38.2. The van der Waals surface area contributed by atoms with Gasteiger partial charge in [0.15, 0.2) is 6.10 Å². The highest BCUT2D eigenvalue weighted by Crippen LogP contribution is 2.19. The molecule has 1 rings (SSSR count). The minimum absolute atomic E-state index is 0.132. The van der Waals surface area contributed by atoms with Crippen LogP contribution in [0.5, 0.6) is 0 Å². The van der Waals surface area contributed by atoms with Crippen molar-refractivity contribution in [3.63, 3.8) is 0 Å². The summed E-state index contributed by atoms with van der Waals surface area (Å²) in [6.45, 7) is 4.32. The first-order valence-corrected chi connectivity index (χ1v) is 9.72. The molecule has 7 nitrogen and oxygen atoms in total. The molecule has 1 aliphatic heterocycles. The van der Waals surface area contributed by atoms with Crippen LogP contribution in [0.15, 0.2) is 0 Å². The maximum absolute atomic E-state index is 12.7. The molecule has 3 atom stereocenters. The Kier molecular flexibility index (Phi) is 9.62. The molecule has 0 aromatic rings. The fourth-order valence-corrected chi connectivity index (χ4v) is 3.32. The molecule has 150 valence electrons. The van der Waals surface area contributed by atoms with Gasteiger partial charge in [0.25, 0.3) is 0 Å². The predicted octanol–water partition coefficient (Wildman–Crippen LogP) is 1.78. The van der Waals surface area contributed by atoms with Gasteiger partial charge in [-0.3, -0.25) is 9.59 Å². The second kappa shape index (κ2) is 11.2. The largest absolute Gasteiger partial charge is 0.479 e. The first-order chi connectivity index (χ1) is 12.3. The standard InChI is InChI=1S/C19H34N2O5/c1-13(2)15-18(24)21(3)12-10-8-6-4-5-7-9-11-14(17(23)20-15)16(22)19(25)26/h13-16,22H,4-12H2,1-3H3,(H,20,23)(H,25,26)/t14-,15+,16?/m1/s1. The Labute approximate surface area is 156 Å². The van der Waals surface area contributed by atoms with Gasteiger partial charge in [0, 0.05) is 13.6 Å². The summed E-state index contributed by atoms with van der Waals surface area (Å²) < 4.78 is 0. The fraction of sp³-hybridized carbons (Fsp3) is 0.842. The van der Waals surface area contributed by atoms with Gasteiger partial charge in [-0.1, -0.05) is 52.4 Å². The minimum Gasteiger partial charge on any atom is -0.479 e. The Morgan fingerprint density at radius 2 is 1.62 bits per heavy atom. The van der Waals surface area contributed by atoms with Crippen LogP contribution in [0, 0.1) is 11.8 Å². The van der Waals surface area contributed by atoms with Crippen LogP contribution >= 0.6 is 0 Å². The lowest BCUT2D eigenvalue weighted by Crippen LogP contribution is -2.53. The number of aliphatic carboxylic acids is 1. The van der Waals surface area contributed by atoms with E-state index in [-0.39, 0.29) is 11.8 Å². The molecule has 1 saturated heterocycles. The Balaban J connectivity index is 2.98. The van der Waals surface area contributed by atoms with Crippen molar-refractivity contribution in [1.82, 2.24) is 10.2 Å². The second-order valence-electron chi connectivity index (χ2n) is 7.64. The van der Waals surface area contributed by atoms with Crippen LogP contribution in [0.2, 0.25) is 0 Å². The zero-order valence-corrected chi connectivity index (χ0v) is 16.2. The average molecular weight is 370 g/mol. The number of amides is 2. The minimum atomic E-state index is -1.76. The van der Waals surface area contributed by atoms with Crippen LogP contribution in [0.25, 0.3) is 0 Å². The molecule has 2 amide bonds. The normalized spacial score (nSPS) is 26.0. The number of likely N-dealkylation sites (N-methyl/N-ethyl adjacent to an activating group) is 1. The van der Waals surface area contributed by atoms with Gasteiger partial charge in [0.2, 0.25) is 11.8 Å². The third-order valence-electron chi connectivity index (χ3n) is 5.09. The molecule has 0 aromatic heterocycles. The van der Waals surface area contributed by atoms with E-state index < -0.39 is 29.9 Å². The van der Waals surface area contributed by atoms with E-state index in [9.17, 15) is 19.5 Å². The Morgan fingerprint density at radius 1 is 1.08 bits per heavy atom. The van der Waals surface area contributed by atoms with E-state index in [0.29, 0.717) is 19.4 Å². The second-order valence-corrected chi connectivity index (χ2v) is 7.64. The number of carboxylic acid groups (broad SMARTS) is 1. The average Bonchev–Trinajstić information content (AvgIpc) is 2.59. The Morgan fingerprint density at radius 3 is 2.15 bits per heavy atom. The lowest BCUT2D eigenvalue weighted by Gasteiger charge is -2.29. The number of nitrogens with one attached hydrogen (secondary N) is 1. The maximum atomic E-state index is 12.7. The maximum Gasteiger partial charge on any atom is 0.333 e. The highest BCUT2D eigenvalue weighted by atomic mass is 16.4. The summed E-state index contributed by atoms with van der Waals surface area (Å²) in [5.74, 6) is -3.32. The van der Waals surface area contributed by atoms with Gasteiger partial charge in [0.05, 0.1) is 5.92 Å². The van der Waals surface area contributed by atoms with E-state index >= 15 is 0 Å². The molecule has 0 bridgehead atoms. The summed E-state index contributed by atoms with van der Waals surface area (Å²) in [7, 11) is 1.73. The third-order valence-corrected chi connectivity index (χ3v) is 5.09.